The first-order valence-corrected chi connectivity index (χ1v) is 6.22. The molecule has 2 unspecified atom stereocenters. The summed E-state index contributed by atoms with van der Waals surface area (Å²) in [6, 6.07) is 2.18. The Morgan fingerprint density at radius 1 is 1.71 bits per heavy atom. The van der Waals surface area contributed by atoms with Crippen molar-refractivity contribution >= 4 is 5.91 Å². The average molecular weight is 236 g/mol. The molecule has 1 aliphatic rings. The van der Waals surface area contributed by atoms with Crippen molar-refractivity contribution in [3.63, 3.8) is 0 Å². The van der Waals surface area contributed by atoms with Crippen molar-refractivity contribution in [1.29, 1.82) is 0 Å². The maximum Gasteiger partial charge on any atom is 0.237 e. The number of likely N-dealkylation sites (N-methyl/N-ethyl adjacent to an activating group) is 1. The largest absolute Gasteiger partial charge is 0.368 e. The summed E-state index contributed by atoms with van der Waals surface area (Å²) in [7, 11) is 0. The predicted octanol–water partition coefficient (Wildman–Crippen LogP) is 0.832. The Morgan fingerprint density at radius 3 is 3.12 bits per heavy atom. The molecule has 1 aromatic heterocycles. The van der Waals surface area contributed by atoms with Gasteiger partial charge in [0.2, 0.25) is 5.91 Å². The maximum absolute atomic E-state index is 11.7. The summed E-state index contributed by atoms with van der Waals surface area (Å²) in [6.07, 6.45) is 7.34. The van der Waals surface area contributed by atoms with Crippen LogP contribution in [0.15, 0.2) is 18.5 Å². The van der Waals surface area contributed by atoms with Gasteiger partial charge >= 0.3 is 0 Å². The lowest BCUT2D eigenvalue weighted by Gasteiger charge is -2.39. The third-order valence-electron chi connectivity index (χ3n) is 3.61. The third-order valence-corrected chi connectivity index (χ3v) is 3.61. The van der Waals surface area contributed by atoms with Crippen LogP contribution in [-0.4, -0.2) is 27.8 Å². The summed E-state index contributed by atoms with van der Waals surface area (Å²) < 4.78 is 1.94. The third kappa shape index (κ3) is 2.34. The van der Waals surface area contributed by atoms with Gasteiger partial charge in [0.1, 0.15) is 0 Å². The molecule has 2 atom stereocenters. The molecule has 1 saturated carbocycles. The van der Waals surface area contributed by atoms with Gasteiger partial charge < -0.3 is 11.1 Å². The number of rotatable bonds is 4. The lowest BCUT2D eigenvalue weighted by atomic mass is 9.78. The van der Waals surface area contributed by atoms with Crippen molar-refractivity contribution in [2.24, 2.45) is 5.73 Å². The normalized spacial score (nSPS) is 29.1. The zero-order valence-electron chi connectivity index (χ0n) is 10.2. The van der Waals surface area contributed by atoms with Crippen LogP contribution in [0.1, 0.15) is 38.6 Å². The molecule has 0 radical (unpaired) electrons. The van der Waals surface area contributed by atoms with E-state index >= 15 is 0 Å². The SMILES string of the molecule is CCNC1(C(N)=O)CCCC(n2cccn2)C1. The van der Waals surface area contributed by atoms with Crippen LogP contribution in [0.5, 0.6) is 0 Å². The van der Waals surface area contributed by atoms with Crippen LogP contribution in [0.4, 0.5) is 0 Å². The van der Waals surface area contributed by atoms with E-state index in [1.165, 1.54) is 0 Å². The van der Waals surface area contributed by atoms with E-state index in [1.807, 2.05) is 23.9 Å². The van der Waals surface area contributed by atoms with Gasteiger partial charge in [-0.15, -0.1) is 0 Å². The molecule has 2 rings (SSSR count). The Labute approximate surface area is 101 Å². The van der Waals surface area contributed by atoms with Gasteiger partial charge in [-0.25, -0.2) is 0 Å². The molecule has 0 bridgehead atoms. The zero-order chi connectivity index (χ0) is 12.3. The molecular formula is C12H20N4O. The van der Waals surface area contributed by atoms with Crippen LogP contribution < -0.4 is 11.1 Å². The van der Waals surface area contributed by atoms with Gasteiger partial charge in [0.25, 0.3) is 0 Å². The molecule has 0 aromatic carbocycles. The summed E-state index contributed by atoms with van der Waals surface area (Å²) in [5, 5.41) is 7.54. The zero-order valence-corrected chi connectivity index (χ0v) is 10.2. The van der Waals surface area contributed by atoms with Crippen LogP contribution in [0, 0.1) is 0 Å². The number of nitrogens with zero attached hydrogens (tertiary/aromatic N) is 2. The first kappa shape index (κ1) is 12.1. The van der Waals surface area contributed by atoms with E-state index in [9.17, 15) is 4.79 Å². The van der Waals surface area contributed by atoms with Crippen molar-refractivity contribution in [3.05, 3.63) is 18.5 Å². The number of amides is 1. The fourth-order valence-corrected chi connectivity index (χ4v) is 2.78. The second-order valence-electron chi connectivity index (χ2n) is 4.71. The Hall–Kier alpha value is -1.36. The van der Waals surface area contributed by atoms with Gasteiger partial charge in [0.05, 0.1) is 11.6 Å². The maximum atomic E-state index is 11.7. The van der Waals surface area contributed by atoms with E-state index in [0.29, 0.717) is 0 Å². The van der Waals surface area contributed by atoms with E-state index in [4.69, 9.17) is 5.73 Å². The van der Waals surface area contributed by atoms with E-state index in [1.54, 1.807) is 6.20 Å². The minimum atomic E-state index is -0.552. The minimum absolute atomic E-state index is 0.240. The molecule has 0 spiro atoms. The molecule has 3 N–H and O–H groups in total. The molecule has 94 valence electrons. The molecule has 1 aromatic rings. The fraction of sp³-hybridized carbons (Fsp3) is 0.667. The fourth-order valence-electron chi connectivity index (χ4n) is 2.78. The van der Waals surface area contributed by atoms with Crippen LogP contribution in [0.3, 0.4) is 0 Å². The first-order chi connectivity index (χ1) is 8.18. The summed E-state index contributed by atoms with van der Waals surface area (Å²) in [6.45, 7) is 2.76. The van der Waals surface area contributed by atoms with Gasteiger partial charge in [-0.3, -0.25) is 9.48 Å². The number of hydrogen-bond acceptors (Lipinski definition) is 3. The highest BCUT2D eigenvalue weighted by molar-refractivity contribution is 5.84. The van der Waals surface area contributed by atoms with Crippen LogP contribution in [0.2, 0.25) is 0 Å². The standard InChI is InChI=1S/C12H20N4O/c1-2-14-12(11(13)17)6-3-5-10(9-12)16-8-4-7-15-16/h4,7-8,10,14H,2-3,5-6,9H2,1H3,(H2,13,17). The number of hydrogen-bond donors (Lipinski definition) is 2. The van der Waals surface area contributed by atoms with E-state index in [-0.39, 0.29) is 11.9 Å². The molecule has 5 nitrogen and oxygen atoms in total. The predicted molar refractivity (Wildman–Crippen MR) is 65.3 cm³/mol. The summed E-state index contributed by atoms with van der Waals surface area (Å²) in [5.41, 5.74) is 5.02. The van der Waals surface area contributed by atoms with Crippen molar-refractivity contribution < 1.29 is 4.79 Å². The minimum Gasteiger partial charge on any atom is -0.368 e. The Kier molecular flexibility index (Phi) is 3.47. The van der Waals surface area contributed by atoms with E-state index in [2.05, 4.69) is 10.4 Å². The average Bonchev–Trinajstić information content (AvgIpc) is 2.83. The lowest BCUT2D eigenvalue weighted by Crippen LogP contribution is -2.57. The molecule has 5 heteroatoms. The van der Waals surface area contributed by atoms with Gasteiger partial charge in [0, 0.05) is 12.4 Å². The molecule has 1 heterocycles. The van der Waals surface area contributed by atoms with Crippen LogP contribution in [0.25, 0.3) is 0 Å². The Balaban J connectivity index is 2.17. The molecule has 1 aliphatic carbocycles. The molecule has 1 fully saturated rings. The summed E-state index contributed by atoms with van der Waals surface area (Å²) in [4.78, 5) is 11.7. The first-order valence-electron chi connectivity index (χ1n) is 6.22. The molecule has 0 saturated heterocycles. The highest BCUT2D eigenvalue weighted by atomic mass is 16.1. The summed E-state index contributed by atoms with van der Waals surface area (Å²) >= 11 is 0. The van der Waals surface area contributed by atoms with Crippen LogP contribution in [-0.2, 0) is 4.79 Å². The van der Waals surface area contributed by atoms with Gasteiger partial charge in [-0.1, -0.05) is 6.92 Å². The number of nitrogens with one attached hydrogen (secondary N) is 1. The monoisotopic (exact) mass is 236 g/mol. The number of primary amides is 1. The van der Waals surface area contributed by atoms with Crippen molar-refractivity contribution in [2.75, 3.05) is 6.54 Å². The van der Waals surface area contributed by atoms with Crippen molar-refractivity contribution in [3.8, 4) is 0 Å². The van der Waals surface area contributed by atoms with Gasteiger partial charge in [0.15, 0.2) is 0 Å². The number of nitrogens with two attached hydrogens (primary N) is 1. The Morgan fingerprint density at radius 2 is 2.53 bits per heavy atom. The number of carbonyl (C=O) groups excluding carboxylic acids is 1. The summed E-state index contributed by atoms with van der Waals surface area (Å²) in [5.74, 6) is -0.240. The number of carbonyl (C=O) groups is 1. The van der Waals surface area contributed by atoms with Gasteiger partial charge in [-0.2, -0.15) is 5.10 Å². The smallest absolute Gasteiger partial charge is 0.237 e. The second-order valence-corrected chi connectivity index (χ2v) is 4.71. The van der Waals surface area contributed by atoms with Crippen molar-refractivity contribution in [1.82, 2.24) is 15.1 Å². The van der Waals surface area contributed by atoms with E-state index in [0.717, 1.165) is 32.2 Å². The highest BCUT2D eigenvalue weighted by Gasteiger charge is 2.41. The molecule has 17 heavy (non-hydrogen) atoms. The topological polar surface area (TPSA) is 72.9 Å². The second kappa shape index (κ2) is 4.87. The highest BCUT2D eigenvalue weighted by Crippen LogP contribution is 2.34. The molecular weight excluding hydrogens is 216 g/mol. The van der Waals surface area contributed by atoms with Crippen molar-refractivity contribution in [2.45, 2.75) is 44.2 Å². The molecule has 0 aliphatic heterocycles. The Bertz CT molecular complexity index is 372. The van der Waals surface area contributed by atoms with Gasteiger partial charge in [-0.05, 0) is 38.3 Å². The quantitative estimate of drug-likeness (QED) is 0.813. The number of aromatic nitrogens is 2. The van der Waals surface area contributed by atoms with Crippen LogP contribution >= 0.6 is 0 Å². The van der Waals surface area contributed by atoms with E-state index < -0.39 is 5.54 Å². The molecule has 1 amide bonds. The lowest BCUT2D eigenvalue weighted by molar-refractivity contribution is -0.126.